The fraction of sp³-hybridized carbons (Fsp3) is 0.500. The van der Waals surface area contributed by atoms with Gasteiger partial charge in [-0.05, 0) is 37.0 Å². The molecule has 1 atom stereocenters. The largest absolute Gasteiger partial charge is 0.240 e. The van der Waals surface area contributed by atoms with Gasteiger partial charge in [-0.25, -0.2) is 13.1 Å². The second-order valence-corrected chi connectivity index (χ2v) is 6.52. The van der Waals surface area contributed by atoms with Crippen molar-refractivity contribution < 1.29 is 8.42 Å². The number of nitrogens with one attached hydrogen (secondary N) is 1. The zero-order chi connectivity index (χ0) is 12.7. The first kappa shape index (κ1) is 14.5. The molecule has 0 saturated heterocycles. The Bertz CT molecular complexity index is 417. The average molecular weight is 273 g/mol. The van der Waals surface area contributed by atoms with Crippen molar-refractivity contribution in [1.82, 2.24) is 4.72 Å². The monoisotopic (exact) mass is 273 g/mol. The van der Waals surface area contributed by atoms with Gasteiger partial charge in [-0.15, -0.1) is 0 Å². The standard InChI is InChI=1S/C12H19NO2S2/c1-3-11(9-10-16-2)13-17(14,15)12-7-5-4-6-8-12/h4-8,11,13H,3,9-10H2,1-2H3/t11-/m1/s1. The number of benzene rings is 1. The van der Waals surface area contributed by atoms with Crippen molar-refractivity contribution in [3.8, 4) is 0 Å². The molecule has 1 rings (SSSR count). The minimum atomic E-state index is -3.36. The lowest BCUT2D eigenvalue weighted by molar-refractivity contribution is 0.532. The van der Waals surface area contributed by atoms with Crippen LogP contribution in [0.15, 0.2) is 35.2 Å². The summed E-state index contributed by atoms with van der Waals surface area (Å²) in [5.74, 6) is 0.968. The molecule has 0 aliphatic carbocycles. The Kier molecular flexibility index (Phi) is 6.02. The summed E-state index contributed by atoms with van der Waals surface area (Å²) in [7, 11) is -3.36. The molecule has 0 amide bonds. The van der Waals surface area contributed by atoms with E-state index in [0.717, 1.165) is 18.6 Å². The molecule has 0 saturated carbocycles. The van der Waals surface area contributed by atoms with Crippen LogP contribution in [0.25, 0.3) is 0 Å². The maximum Gasteiger partial charge on any atom is 0.240 e. The highest BCUT2D eigenvalue weighted by atomic mass is 32.2. The summed E-state index contributed by atoms with van der Waals surface area (Å²) in [6.45, 7) is 2.00. The van der Waals surface area contributed by atoms with Gasteiger partial charge in [0.25, 0.3) is 0 Å². The van der Waals surface area contributed by atoms with E-state index in [0.29, 0.717) is 4.90 Å². The molecule has 0 spiro atoms. The van der Waals surface area contributed by atoms with Gasteiger partial charge in [-0.2, -0.15) is 11.8 Å². The van der Waals surface area contributed by atoms with E-state index in [9.17, 15) is 8.42 Å². The zero-order valence-electron chi connectivity index (χ0n) is 10.2. The first-order valence-electron chi connectivity index (χ1n) is 5.66. The number of thioether (sulfide) groups is 1. The van der Waals surface area contributed by atoms with Crippen LogP contribution in [-0.2, 0) is 10.0 Å². The van der Waals surface area contributed by atoms with Crippen molar-refractivity contribution in [1.29, 1.82) is 0 Å². The predicted octanol–water partition coefficient (Wildman–Crippen LogP) is 2.50. The molecule has 0 heterocycles. The molecule has 5 heteroatoms. The smallest absolute Gasteiger partial charge is 0.208 e. The molecule has 1 aromatic carbocycles. The van der Waals surface area contributed by atoms with Crippen molar-refractivity contribution in [3.63, 3.8) is 0 Å². The van der Waals surface area contributed by atoms with Crippen LogP contribution < -0.4 is 4.72 Å². The second-order valence-electron chi connectivity index (χ2n) is 3.82. The summed E-state index contributed by atoms with van der Waals surface area (Å²) in [5, 5.41) is 0. The number of rotatable bonds is 7. The lowest BCUT2D eigenvalue weighted by atomic mass is 10.2. The van der Waals surface area contributed by atoms with E-state index in [1.54, 1.807) is 36.0 Å². The summed E-state index contributed by atoms with van der Waals surface area (Å²) in [4.78, 5) is 0.336. The third-order valence-corrected chi connectivity index (χ3v) is 4.72. The van der Waals surface area contributed by atoms with E-state index in [4.69, 9.17) is 0 Å². The van der Waals surface area contributed by atoms with Gasteiger partial charge < -0.3 is 0 Å². The van der Waals surface area contributed by atoms with Gasteiger partial charge in [0.1, 0.15) is 0 Å². The van der Waals surface area contributed by atoms with Crippen molar-refractivity contribution in [3.05, 3.63) is 30.3 Å². The molecule has 1 N–H and O–H groups in total. The highest BCUT2D eigenvalue weighted by Gasteiger charge is 2.18. The van der Waals surface area contributed by atoms with Crippen LogP contribution in [0, 0.1) is 0 Å². The fourth-order valence-corrected chi connectivity index (χ4v) is 3.39. The first-order valence-corrected chi connectivity index (χ1v) is 8.54. The minimum absolute atomic E-state index is 0.0210. The van der Waals surface area contributed by atoms with Gasteiger partial charge in [0, 0.05) is 6.04 Å². The van der Waals surface area contributed by atoms with Gasteiger partial charge in [-0.3, -0.25) is 0 Å². The highest BCUT2D eigenvalue weighted by molar-refractivity contribution is 7.98. The summed E-state index contributed by atoms with van der Waals surface area (Å²) < 4.78 is 26.8. The fourth-order valence-electron chi connectivity index (χ4n) is 1.49. The Balaban J connectivity index is 2.72. The third kappa shape index (κ3) is 4.69. The molecule has 0 bridgehead atoms. The van der Waals surface area contributed by atoms with E-state index in [1.807, 2.05) is 19.2 Å². The first-order chi connectivity index (χ1) is 8.10. The maximum absolute atomic E-state index is 12.0. The van der Waals surface area contributed by atoms with Crippen LogP contribution in [0.5, 0.6) is 0 Å². The minimum Gasteiger partial charge on any atom is -0.208 e. The molecule has 0 fully saturated rings. The van der Waals surface area contributed by atoms with Crippen LogP contribution >= 0.6 is 11.8 Å². The number of sulfonamides is 1. The molecule has 3 nitrogen and oxygen atoms in total. The molecule has 0 aliphatic rings. The second kappa shape index (κ2) is 7.03. The molecule has 17 heavy (non-hydrogen) atoms. The lowest BCUT2D eigenvalue weighted by Gasteiger charge is -2.16. The molecule has 0 radical (unpaired) electrons. The number of hydrogen-bond acceptors (Lipinski definition) is 3. The Labute approximate surface area is 108 Å². The molecule has 1 aromatic rings. The Morgan fingerprint density at radius 2 is 1.94 bits per heavy atom. The van der Waals surface area contributed by atoms with Gasteiger partial charge in [-0.1, -0.05) is 25.1 Å². The molecule has 0 unspecified atom stereocenters. The number of hydrogen-bond donors (Lipinski definition) is 1. The summed E-state index contributed by atoms with van der Waals surface area (Å²) >= 11 is 1.73. The Morgan fingerprint density at radius 1 is 1.29 bits per heavy atom. The van der Waals surface area contributed by atoms with E-state index >= 15 is 0 Å². The van der Waals surface area contributed by atoms with E-state index in [1.165, 1.54) is 0 Å². The maximum atomic E-state index is 12.0. The Morgan fingerprint density at radius 3 is 2.47 bits per heavy atom. The average Bonchev–Trinajstić information content (AvgIpc) is 2.35. The van der Waals surface area contributed by atoms with Crippen LogP contribution in [0.4, 0.5) is 0 Å². The third-order valence-electron chi connectivity index (χ3n) is 2.54. The summed E-state index contributed by atoms with van der Waals surface area (Å²) in [6, 6.07) is 8.53. The predicted molar refractivity (Wildman–Crippen MR) is 73.8 cm³/mol. The van der Waals surface area contributed by atoms with Gasteiger partial charge in [0.05, 0.1) is 4.90 Å². The van der Waals surface area contributed by atoms with Gasteiger partial charge in [0.15, 0.2) is 0 Å². The van der Waals surface area contributed by atoms with E-state index in [-0.39, 0.29) is 6.04 Å². The van der Waals surface area contributed by atoms with E-state index < -0.39 is 10.0 Å². The zero-order valence-corrected chi connectivity index (χ0v) is 11.9. The van der Waals surface area contributed by atoms with Crippen LogP contribution in [-0.4, -0.2) is 26.5 Å². The topological polar surface area (TPSA) is 46.2 Å². The van der Waals surface area contributed by atoms with Gasteiger partial charge in [0.2, 0.25) is 10.0 Å². The van der Waals surface area contributed by atoms with Crippen LogP contribution in [0.3, 0.4) is 0 Å². The molecular weight excluding hydrogens is 254 g/mol. The van der Waals surface area contributed by atoms with Crippen LogP contribution in [0.2, 0.25) is 0 Å². The molecule has 96 valence electrons. The van der Waals surface area contributed by atoms with Crippen LogP contribution in [0.1, 0.15) is 19.8 Å². The van der Waals surface area contributed by atoms with Crippen molar-refractivity contribution in [2.45, 2.75) is 30.7 Å². The van der Waals surface area contributed by atoms with Crippen molar-refractivity contribution >= 4 is 21.8 Å². The van der Waals surface area contributed by atoms with E-state index in [2.05, 4.69) is 4.72 Å². The van der Waals surface area contributed by atoms with Crippen molar-refractivity contribution in [2.75, 3.05) is 12.0 Å². The highest BCUT2D eigenvalue weighted by Crippen LogP contribution is 2.11. The van der Waals surface area contributed by atoms with Crippen molar-refractivity contribution in [2.24, 2.45) is 0 Å². The molecular formula is C12H19NO2S2. The van der Waals surface area contributed by atoms with Gasteiger partial charge >= 0.3 is 0 Å². The molecule has 0 aromatic heterocycles. The summed E-state index contributed by atoms with van der Waals surface area (Å²) in [5.41, 5.74) is 0. The normalized spacial score (nSPS) is 13.5. The quantitative estimate of drug-likeness (QED) is 0.830. The molecule has 0 aliphatic heterocycles. The Hall–Kier alpha value is -0.520. The summed E-state index contributed by atoms with van der Waals surface area (Å²) in [6.07, 6.45) is 3.70. The lowest BCUT2D eigenvalue weighted by Crippen LogP contribution is -2.34. The SMILES string of the molecule is CC[C@H](CCSC)NS(=O)(=O)c1ccccc1.